The molecule has 110 valence electrons. The lowest BCUT2D eigenvalue weighted by Crippen LogP contribution is -2.12. The lowest BCUT2D eigenvalue weighted by Gasteiger charge is -2.10. The zero-order valence-electron chi connectivity index (χ0n) is 11.6. The molecule has 2 rings (SSSR count). The van der Waals surface area contributed by atoms with Gasteiger partial charge in [-0.25, -0.2) is 4.39 Å². The van der Waals surface area contributed by atoms with E-state index in [4.69, 9.17) is 27.4 Å². The number of thiocarbonyl (C=S) groups is 1. The van der Waals surface area contributed by atoms with Crippen molar-refractivity contribution in [3.8, 4) is 11.5 Å². The Labute approximate surface area is 128 Å². The fraction of sp³-hybridized carbons (Fsp3) is 0.188. The molecule has 0 aliphatic heterocycles. The van der Waals surface area contributed by atoms with Crippen LogP contribution in [-0.4, -0.2) is 18.2 Å². The Morgan fingerprint density at radius 3 is 2.62 bits per heavy atom. The number of rotatable bonds is 6. The monoisotopic (exact) mass is 305 g/mol. The second kappa shape index (κ2) is 7.04. The molecular weight excluding hydrogens is 289 g/mol. The Hall–Kier alpha value is -2.14. The van der Waals surface area contributed by atoms with Crippen LogP contribution in [0.15, 0.2) is 42.5 Å². The van der Waals surface area contributed by atoms with Crippen molar-refractivity contribution in [3.63, 3.8) is 0 Å². The van der Waals surface area contributed by atoms with Gasteiger partial charge in [-0.1, -0.05) is 36.5 Å². The Balaban J connectivity index is 1.86. The first-order chi connectivity index (χ1) is 10.1. The molecule has 0 saturated carbocycles. The predicted octanol–water partition coefficient (Wildman–Crippen LogP) is 3.23. The summed E-state index contributed by atoms with van der Waals surface area (Å²) in [5, 5.41) is 0. The van der Waals surface area contributed by atoms with Crippen molar-refractivity contribution in [1.29, 1.82) is 0 Å². The summed E-state index contributed by atoms with van der Waals surface area (Å²) in [5.41, 5.74) is 6.85. The summed E-state index contributed by atoms with van der Waals surface area (Å²) in [6.07, 6.45) is 0. The first kappa shape index (κ1) is 15.3. The van der Waals surface area contributed by atoms with Crippen LogP contribution in [0.1, 0.15) is 11.1 Å². The van der Waals surface area contributed by atoms with Crippen LogP contribution in [0.5, 0.6) is 11.5 Å². The number of ether oxygens (including phenoxy) is 2. The van der Waals surface area contributed by atoms with Crippen molar-refractivity contribution in [2.45, 2.75) is 6.92 Å². The highest BCUT2D eigenvalue weighted by atomic mass is 32.1. The molecule has 0 aliphatic carbocycles. The first-order valence-electron chi connectivity index (χ1n) is 6.48. The molecule has 0 spiro atoms. The molecule has 2 aromatic rings. The Bertz CT molecular complexity index is 646. The maximum Gasteiger partial charge on any atom is 0.167 e. The van der Waals surface area contributed by atoms with E-state index in [0.717, 1.165) is 5.56 Å². The van der Waals surface area contributed by atoms with Gasteiger partial charge in [0.15, 0.2) is 11.6 Å². The van der Waals surface area contributed by atoms with Crippen LogP contribution in [0.2, 0.25) is 0 Å². The quantitative estimate of drug-likeness (QED) is 0.657. The minimum absolute atomic E-state index is 0.232. The molecule has 5 heteroatoms. The minimum Gasteiger partial charge on any atom is -0.490 e. The summed E-state index contributed by atoms with van der Waals surface area (Å²) in [4.78, 5) is 0.318. The van der Waals surface area contributed by atoms with Crippen LogP contribution in [0, 0.1) is 12.7 Å². The summed E-state index contributed by atoms with van der Waals surface area (Å²) >= 11 is 4.90. The molecule has 2 aromatic carbocycles. The van der Waals surface area contributed by atoms with E-state index in [2.05, 4.69) is 0 Å². The maximum atomic E-state index is 13.7. The standard InChI is InChI=1S/C16H16FNO2S/c1-11-4-2-7-14(15(11)17)20-9-8-19-13-6-3-5-12(10-13)16(18)21/h2-7,10H,8-9H2,1H3,(H2,18,21). The predicted molar refractivity (Wildman–Crippen MR) is 84.5 cm³/mol. The van der Waals surface area contributed by atoms with Gasteiger partial charge in [-0.15, -0.1) is 0 Å². The van der Waals surface area contributed by atoms with Gasteiger partial charge in [0.05, 0.1) is 0 Å². The van der Waals surface area contributed by atoms with Gasteiger partial charge in [-0.3, -0.25) is 0 Å². The van der Waals surface area contributed by atoms with Crippen LogP contribution in [-0.2, 0) is 0 Å². The van der Waals surface area contributed by atoms with Gasteiger partial charge in [0.2, 0.25) is 0 Å². The highest BCUT2D eigenvalue weighted by Crippen LogP contribution is 2.19. The van der Waals surface area contributed by atoms with E-state index in [1.807, 2.05) is 12.1 Å². The van der Waals surface area contributed by atoms with Gasteiger partial charge >= 0.3 is 0 Å². The number of hydrogen-bond donors (Lipinski definition) is 1. The molecule has 21 heavy (non-hydrogen) atoms. The van der Waals surface area contributed by atoms with Gasteiger partial charge in [0.25, 0.3) is 0 Å². The van der Waals surface area contributed by atoms with E-state index in [-0.39, 0.29) is 18.2 Å². The number of halogens is 1. The van der Waals surface area contributed by atoms with E-state index in [0.29, 0.717) is 22.9 Å². The number of aryl methyl sites for hydroxylation is 1. The molecule has 0 radical (unpaired) electrons. The number of nitrogens with two attached hydrogens (primary N) is 1. The second-order valence-electron chi connectivity index (χ2n) is 4.48. The van der Waals surface area contributed by atoms with Crippen LogP contribution in [0.4, 0.5) is 4.39 Å². The molecule has 2 N–H and O–H groups in total. The summed E-state index contributed by atoms with van der Waals surface area (Å²) in [6, 6.07) is 12.2. The Morgan fingerprint density at radius 2 is 1.86 bits per heavy atom. The van der Waals surface area contributed by atoms with Crippen molar-refractivity contribution in [3.05, 3.63) is 59.4 Å². The van der Waals surface area contributed by atoms with Gasteiger partial charge in [0.1, 0.15) is 24.0 Å². The summed E-state index contributed by atoms with van der Waals surface area (Å²) in [6.45, 7) is 2.24. The van der Waals surface area contributed by atoms with Gasteiger partial charge in [-0.2, -0.15) is 0 Å². The average Bonchev–Trinajstić information content (AvgIpc) is 2.48. The summed E-state index contributed by atoms with van der Waals surface area (Å²) in [5.74, 6) is 0.539. The molecule has 0 bridgehead atoms. The largest absolute Gasteiger partial charge is 0.490 e. The molecule has 0 heterocycles. The van der Waals surface area contributed by atoms with Gasteiger partial charge in [-0.05, 0) is 30.7 Å². The molecule has 0 unspecified atom stereocenters. The van der Waals surface area contributed by atoms with E-state index >= 15 is 0 Å². The topological polar surface area (TPSA) is 44.5 Å². The average molecular weight is 305 g/mol. The van der Waals surface area contributed by atoms with E-state index in [1.165, 1.54) is 0 Å². The number of benzene rings is 2. The van der Waals surface area contributed by atoms with E-state index in [1.54, 1.807) is 37.3 Å². The molecular formula is C16H16FNO2S. The van der Waals surface area contributed by atoms with Gasteiger partial charge in [0, 0.05) is 5.56 Å². The van der Waals surface area contributed by atoms with Crippen molar-refractivity contribution in [2.24, 2.45) is 5.73 Å². The van der Waals surface area contributed by atoms with Crippen molar-refractivity contribution in [2.75, 3.05) is 13.2 Å². The highest BCUT2D eigenvalue weighted by molar-refractivity contribution is 7.80. The van der Waals surface area contributed by atoms with Crippen LogP contribution < -0.4 is 15.2 Å². The lowest BCUT2D eigenvalue weighted by molar-refractivity contribution is 0.211. The van der Waals surface area contributed by atoms with E-state index < -0.39 is 0 Å². The fourth-order valence-electron chi connectivity index (χ4n) is 1.78. The molecule has 0 aromatic heterocycles. The molecule has 0 fully saturated rings. The van der Waals surface area contributed by atoms with Crippen molar-refractivity contribution >= 4 is 17.2 Å². The third-order valence-electron chi connectivity index (χ3n) is 2.88. The van der Waals surface area contributed by atoms with Gasteiger partial charge < -0.3 is 15.2 Å². The van der Waals surface area contributed by atoms with E-state index in [9.17, 15) is 4.39 Å². The first-order valence-corrected chi connectivity index (χ1v) is 6.89. The molecule has 0 saturated heterocycles. The minimum atomic E-state index is -0.340. The maximum absolute atomic E-state index is 13.7. The van der Waals surface area contributed by atoms with Crippen LogP contribution >= 0.6 is 12.2 Å². The summed E-state index contributed by atoms with van der Waals surface area (Å²) < 4.78 is 24.6. The Morgan fingerprint density at radius 1 is 1.14 bits per heavy atom. The summed E-state index contributed by atoms with van der Waals surface area (Å²) in [7, 11) is 0. The number of hydrogen-bond acceptors (Lipinski definition) is 3. The van der Waals surface area contributed by atoms with Crippen molar-refractivity contribution < 1.29 is 13.9 Å². The lowest BCUT2D eigenvalue weighted by atomic mass is 10.2. The fourth-order valence-corrected chi connectivity index (χ4v) is 1.91. The SMILES string of the molecule is Cc1cccc(OCCOc2cccc(C(N)=S)c2)c1F. The Kier molecular flexibility index (Phi) is 5.11. The highest BCUT2D eigenvalue weighted by Gasteiger charge is 2.05. The molecule has 0 atom stereocenters. The third kappa shape index (κ3) is 4.16. The molecule has 0 aliphatic rings. The normalized spacial score (nSPS) is 10.2. The van der Waals surface area contributed by atoms with Crippen LogP contribution in [0.3, 0.4) is 0 Å². The molecule has 3 nitrogen and oxygen atoms in total. The van der Waals surface area contributed by atoms with Crippen LogP contribution in [0.25, 0.3) is 0 Å². The van der Waals surface area contributed by atoms with Crippen molar-refractivity contribution in [1.82, 2.24) is 0 Å². The smallest absolute Gasteiger partial charge is 0.167 e. The second-order valence-corrected chi connectivity index (χ2v) is 4.92. The zero-order chi connectivity index (χ0) is 15.2. The third-order valence-corrected chi connectivity index (χ3v) is 3.12. The zero-order valence-corrected chi connectivity index (χ0v) is 12.5. The molecule has 0 amide bonds.